The van der Waals surface area contributed by atoms with E-state index in [0.29, 0.717) is 13.2 Å². The van der Waals surface area contributed by atoms with E-state index < -0.39 is 0 Å². The Morgan fingerprint density at radius 2 is 1.86 bits per heavy atom. The van der Waals surface area contributed by atoms with Gasteiger partial charge in [0.05, 0.1) is 6.04 Å². The molecule has 0 bridgehead atoms. The van der Waals surface area contributed by atoms with E-state index in [9.17, 15) is 0 Å². The Kier molecular flexibility index (Phi) is 9.52. The molecule has 0 saturated heterocycles. The molecule has 0 heterocycles. The second kappa shape index (κ2) is 10.6. The molecular weight excluding hydrogens is 354 g/mol. The van der Waals surface area contributed by atoms with E-state index >= 15 is 0 Å². The van der Waals surface area contributed by atoms with Crippen LogP contribution in [0.1, 0.15) is 32.8 Å². The maximum absolute atomic E-state index is 6.33. The molecule has 0 spiro atoms. The number of hydrogen-bond acceptors (Lipinski definition) is 3. The standard InChI is InChI=1S/C16H25BrClNO2/c1-4-9-19-15(16(20-5-2)21-6-3)10-12-7-8-13(17)11-14(12)18/h7-8,11,15-16,19H,4-6,9-10H2,1-3H3. The van der Waals surface area contributed by atoms with Gasteiger partial charge in [-0.05, 0) is 50.9 Å². The maximum atomic E-state index is 6.33. The fourth-order valence-electron chi connectivity index (χ4n) is 2.13. The molecule has 1 aromatic rings. The first-order valence-electron chi connectivity index (χ1n) is 7.52. The Morgan fingerprint density at radius 3 is 2.38 bits per heavy atom. The Hall–Kier alpha value is -0.130. The van der Waals surface area contributed by atoms with E-state index in [1.165, 1.54) is 0 Å². The molecule has 0 amide bonds. The Balaban J connectivity index is 2.84. The maximum Gasteiger partial charge on any atom is 0.172 e. The highest BCUT2D eigenvalue weighted by atomic mass is 79.9. The predicted molar refractivity (Wildman–Crippen MR) is 92.0 cm³/mol. The molecule has 21 heavy (non-hydrogen) atoms. The monoisotopic (exact) mass is 377 g/mol. The summed E-state index contributed by atoms with van der Waals surface area (Å²) in [6.07, 6.45) is 1.58. The molecule has 1 unspecified atom stereocenters. The van der Waals surface area contributed by atoms with Crippen LogP contribution in [0.3, 0.4) is 0 Å². The summed E-state index contributed by atoms with van der Waals surface area (Å²) in [6.45, 7) is 8.29. The summed E-state index contributed by atoms with van der Waals surface area (Å²) in [5.74, 6) is 0. The van der Waals surface area contributed by atoms with Crippen molar-refractivity contribution in [1.82, 2.24) is 5.32 Å². The summed E-state index contributed by atoms with van der Waals surface area (Å²) in [7, 11) is 0. The van der Waals surface area contributed by atoms with Crippen LogP contribution in [0.5, 0.6) is 0 Å². The van der Waals surface area contributed by atoms with Crippen LogP contribution in [-0.4, -0.2) is 32.1 Å². The molecule has 1 N–H and O–H groups in total. The van der Waals surface area contributed by atoms with Crippen molar-refractivity contribution < 1.29 is 9.47 Å². The van der Waals surface area contributed by atoms with Gasteiger partial charge in [0, 0.05) is 22.7 Å². The summed E-state index contributed by atoms with van der Waals surface area (Å²) in [6, 6.07) is 6.06. The van der Waals surface area contributed by atoms with Crippen LogP contribution >= 0.6 is 27.5 Å². The fraction of sp³-hybridized carbons (Fsp3) is 0.625. The third kappa shape index (κ3) is 6.66. The van der Waals surface area contributed by atoms with Gasteiger partial charge in [-0.25, -0.2) is 0 Å². The largest absolute Gasteiger partial charge is 0.351 e. The van der Waals surface area contributed by atoms with Crippen molar-refractivity contribution in [2.75, 3.05) is 19.8 Å². The van der Waals surface area contributed by atoms with Crippen LogP contribution in [-0.2, 0) is 15.9 Å². The molecule has 0 aliphatic heterocycles. The van der Waals surface area contributed by atoms with Gasteiger partial charge in [0.15, 0.2) is 6.29 Å². The van der Waals surface area contributed by atoms with Crippen molar-refractivity contribution >= 4 is 27.5 Å². The van der Waals surface area contributed by atoms with Crippen molar-refractivity contribution in [3.63, 3.8) is 0 Å². The molecule has 1 atom stereocenters. The van der Waals surface area contributed by atoms with Crippen LogP contribution < -0.4 is 5.32 Å². The first-order valence-corrected chi connectivity index (χ1v) is 8.69. The summed E-state index contributed by atoms with van der Waals surface area (Å²) < 4.78 is 12.5. The third-order valence-electron chi connectivity index (χ3n) is 3.10. The highest BCUT2D eigenvalue weighted by molar-refractivity contribution is 9.10. The number of nitrogens with one attached hydrogen (secondary N) is 1. The molecule has 0 radical (unpaired) electrons. The number of benzene rings is 1. The average molecular weight is 379 g/mol. The van der Waals surface area contributed by atoms with Crippen molar-refractivity contribution in [2.45, 2.75) is 45.9 Å². The third-order valence-corrected chi connectivity index (χ3v) is 3.95. The van der Waals surface area contributed by atoms with E-state index in [4.69, 9.17) is 21.1 Å². The smallest absolute Gasteiger partial charge is 0.172 e. The van der Waals surface area contributed by atoms with E-state index in [1.54, 1.807) is 0 Å². The van der Waals surface area contributed by atoms with Gasteiger partial charge < -0.3 is 14.8 Å². The SMILES string of the molecule is CCCNC(Cc1ccc(Br)cc1Cl)C(OCC)OCC. The molecule has 0 aliphatic carbocycles. The Bertz CT molecular complexity index is 411. The van der Waals surface area contributed by atoms with Crippen LogP contribution in [0.4, 0.5) is 0 Å². The molecule has 0 aliphatic rings. The van der Waals surface area contributed by atoms with E-state index in [0.717, 1.165) is 34.4 Å². The van der Waals surface area contributed by atoms with Gasteiger partial charge in [0.2, 0.25) is 0 Å². The number of halogens is 2. The summed E-state index contributed by atoms with van der Waals surface area (Å²) >= 11 is 9.76. The topological polar surface area (TPSA) is 30.5 Å². The van der Waals surface area contributed by atoms with E-state index in [1.807, 2.05) is 32.0 Å². The van der Waals surface area contributed by atoms with Crippen molar-refractivity contribution in [2.24, 2.45) is 0 Å². The lowest BCUT2D eigenvalue weighted by atomic mass is 10.0. The molecule has 1 rings (SSSR count). The zero-order chi connectivity index (χ0) is 15.7. The number of ether oxygens (including phenoxy) is 2. The van der Waals surface area contributed by atoms with Crippen molar-refractivity contribution in [3.05, 3.63) is 33.3 Å². The molecule has 0 saturated carbocycles. The highest BCUT2D eigenvalue weighted by Gasteiger charge is 2.23. The molecule has 5 heteroatoms. The van der Waals surface area contributed by atoms with Gasteiger partial charge in [-0.2, -0.15) is 0 Å². The zero-order valence-electron chi connectivity index (χ0n) is 13.0. The van der Waals surface area contributed by atoms with E-state index in [2.05, 4.69) is 28.2 Å². The van der Waals surface area contributed by atoms with Crippen molar-refractivity contribution in [1.29, 1.82) is 0 Å². The van der Waals surface area contributed by atoms with E-state index in [-0.39, 0.29) is 12.3 Å². The lowest BCUT2D eigenvalue weighted by Gasteiger charge is -2.28. The predicted octanol–water partition coefficient (Wildman–Crippen LogP) is 4.41. The molecule has 0 fully saturated rings. The summed E-state index contributed by atoms with van der Waals surface area (Å²) in [5.41, 5.74) is 1.10. The minimum absolute atomic E-state index is 0.0866. The van der Waals surface area contributed by atoms with Gasteiger partial charge in [-0.1, -0.05) is 40.5 Å². The quantitative estimate of drug-likeness (QED) is 0.612. The molecule has 1 aromatic carbocycles. The second-order valence-corrected chi connectivity index (χ2v) is 6.10. The van der Waals surface area contributed by atoms with Gasteiger partial charge in [0.1, 0.15) is 0 Å². The fourth-order valence-corrected chi connectivity index (χ4v) is 2.88. The lowest BCUT2D eigenvalue weighted by molar-refractivity contribution is -0.153. The highest BCUT2D eigenvalue weighted by Crippen LogP contribution is 2.23. The normalized spacial score (nSPS) is 12.9. The average Bonchev–Trinajstić information content (AvgIpc) is 2.45. The number of rotatable bonds is 10. The van der Waals surface area contributed by atoms with Crippen LogP contribution in [0.2, 0.25) is 5.02 Å². The molecule has 0 aromatic heterocycles. The zero-order valence-corrected chi connectivity index (χ0v) is 15.3. The summed E-state index contributed by atoms with van der Waals surface area (Å²) in [5, 5.41) is 4.27. The van der Waals surface area contributed by atoms with Crippen LogP contribution in [0.25, 0.3) is 0 Å². The van der Waals surface area contributed by atoms with Crippen LogP contribution in [0.15, 0.2) is 22.7 Å². The first-order chi connectivity index (χ1) is 10.1. The van der Waals surface area contributed by atoms with Gasteiger partial charge >= 0.3 is 0 Å². The Labute approximate surface area is 141 Å². The van der Waals surface area contributed by atoms with Gasteiger partial charge in [0.25, 0.3) is 0 Å². The summed E-state index contributed by atoms with van der Waals surface area (Å²) in [4.78, 5) is 0. The minimum atomic E-state index is -0.258. The van der Waals surface area contributed by atoms with Gasteiger partial charge in [-0.3, -0.25) is 0 Å². The second-order valence-electron chi connectivity index (χ2n) is 4.78. The minimum Gasteiger partial charge on any atom is -0.351 e. The lowest BCUT2D eigenvalue weighted by Crippen LogP contribution is -2.45. The molecule has 3 nitrogen and oxygen atoms in total. The Morgan fingerprint density at radius 1 is 1.19 bits per heavy atom. The molecular formula is C16H25BrClNO2. The molecule has 120 valence electrons. The van der Waals surface area contributed by atoms with Crippen LogP contribution in [0, 0.1) is 0 Å². The van der Waals surface area contributed by atoms with Crippen molar-refractivity contribution in [3.8, 4) is 0 Å². The first kappa shape index (κ1) is 18.9. The van der Waals surface area contributed by atoms with Gasteiger partial charge in [-0.15, -0.1) is 0 Å². The number of hydrogen-bond donors (Lipinski definition) is 1.